The summed E-state index contributed by atoms with van der Waals surface area (Å²) in [6.45, 7) is 3.16. The highest BCUT2D eigenvalue weighted by atomic mass is 16.7. The lowest BCUT2D eigenvalue weighted by atomic mass is 10.5. The number of hydrogen-bond donors (Lipinski definition) is 4. The molecule has 0 atom stereocenters. The van der Waals surface area contributed by atoms with Crippen LogP contribution < -0.4 is 11.6 Å². The maximum atomic E-state index is 10.0. The third kappa shape index (κ3) is 24.5. The highest BCUT2D eigenvalue weighted by molar-refractivity contribution is 5.88. The van der Waals surface area contributed by atoms with Crippen molar-refractivity contribution in [3.05, 3.63) is 12.7 Å². The molecule has 0 unspecified atom stereocenters. The van der Waals surface area contributed by atoms with Crippen molar-refractivity contribution in [3.8, 4) is 0 Å². The fourth-order valence-electron chi connectivity index (χ4n) is 0.272. The Morgan fingerprint density at radius 3 is 1.80 bits per heavy atom. The number of hydroxylamine groups is 1. The van der Waals surface area contributed by atoms with Gasteiger partial charge in [-0.2, -0.15) is 5.48 Å². The van der Waals surface area contributed by atoms with Crippen LogP contribution in [0.1, 0.15) is 6.42 Å². The Labute approximate surface area is 86.1 Å². The van der Waals surface area contributed by atoms with Crippen LogP contribution in [0.15, 0.2) is 12.7 Å². The molecule has 0 amide bonds. The summed E-state index contributed by atoms with van der Waals surface area (Å²) in [4.78, 5) is 33.1. The minimum atomic E-state index is -1.31. The van der Waals surface area contributed by atoms with Gasteiger partial charge in [0.05, 0.1) is 0 Å². The topological polar surface area (TPSA) is 148 Å². The van der Waals surface area contributed by atoms with Crippen LogP contribution in [0.3, 0.4) is 0 Å². The van der Waals surface area contributed by atoms with Crippen molar-refractivity contribution in [2.24, 2.45) is 0 Å². The van der Waals surface area contributed by atoms with Gasteiger partial charge in [0.25, 0.3) is 0 Å². The molecule has 6 N–H and O–H groups in total. The van der Waals surface area contributed by atoms with E-state index >= 15 is 0 Å². The highest BCUT2D eigenvalue weighted by Gasteiger charge is 2.01. The minimum absolute atomic E-state index is 0. The largest absolute Gasteiger partial charge is 0.481 e. The minimum Gasteiger partial charge on any atom is -0.481 e. The number of nitrogens with one attached hydrogen (secondary N) is 1. The number of carboxylic acids is 2. The molecule has 0 aliphatic rings. The van der Waals surface area contributed by atoms with E-state index < -0.39 is 24.3 Å². The molecular weight excluding hydrogens is 208 g/mol. The molecule has 0 spiro atoms. The Kier molecular flexibility index (Phi) is 15.1. The maximum Gasteiger partial charge on any atom is 0.348 e. The van der Waals surface area contributed by atoms with Crippen molar-refractivity contribution < 1.29 is 29.4 Å². The van der Waals surface area contributed by atoms with Crippen molar-refractivity contribution >= 4 is 17.9 Å². The zero-order valence-electron chi connectivity index (χ0n) is 8.23. The number of hydrogen-bond acceptors (Lipinski definition) is 6. The van der Waals surface area contributed by atoms with E-state index in [1.54, 1.807) is 0 Å². The molecule has 0 aromatic carbocycles. The molecule has 88 valence electrons. The first kappa shape index (κ1) is 18.8. The Hall–Kier alpha value is -1.93. The molecule has 0 aromatic rings. The second-order valence-corrected chi connectivity index (χ2v) is 1.79. The molecular formula is C7H14N2O6. The van der Waals surface area contributed by atoms with Crippen molar-refractivity contribution in [2.45, 2.75) is 6.42 Å². The van der Waals surface area contributed by atoms with Crippen molar-refractivity contribution in [1.82, 2.24) is 11.6 Å². The number of carbonyl (C=O) groups is 3. The summed E-state index contributed by atoms with van der Waals surface area (Å²) < 4.78 is 0. The predicted molar refractivity (Wildman–Crippen MR) is 50.3 cm³/mol. The normalized spacial score (nSPS) is 7.27. The number of aliphatic carboxylic acids is 2. The lowest BCUT2D eigenvalue weighted by molar-refractivity contribution is -0.147. The van der Waals surface area contributed by atoms with Gasteiger partial charge >= 0.3 is 17.9 Å². The van der Waals surface area contributed by atoms with Crippen LogP contribution in [0.2, 0.25) is 0 Å². The van der Waals surface area contributed by atoms with E-state index in [1.165, 1.54) is 7.05 Å². The zero-order valence-corrected chi connectivity index (χ0v) is 8.23. The van der Waals surface area contributed by atoms with Crippen LogP contribution in [0.4, 0.5) is 0 Å². The molecule has 15 heavy (non-hydrogen) atoms. The van der Waals surface area contributed by atoms with E-state index in [1.807, 2.05) is 0 Å². The second-order valence-electron chi connectivity index (χ2n) is 1.79. The molecule has 0 saturated carbocycles. The summed E-state index contributed by atoms with van der Waals surface area (Å²) in [5.74, 6) is -3.09. The van der Waals surface area contributed by atoms with Crippen molar-refractivity contribution in [1.29, 1.82) is 0 Å². The molecule has 0 aromatic heterocycles. The predicted octanol–water partition coefficient (Wildman–Crippen LogP) is -0.442. The lowest BCUT2D eigenvalue weighted by Gasteiger charge is -1.91. The third-order valence-corrected chi connectivity index (χ3v) is 0.672. The molecule has 0 fully saturated rings. The average molecular weight is 222 g/mol. The fraction of sp³-hybridized carbons (Fsp3) is 0.286. The average Bonchev–Trinajstić information content (AvgIpc) is 2.03. The van der Waals surface area contributed by atoms with Gasteiger partial charge in [0.2, 0.25) is 0 Å². The zero-order chi connectivity index (χ0) is 11.6. The Balaban J connectivity index is -0.000000180. The van der Waals surface area contributed by atoms with Crippen LogP contribution in [-0.2, 0) is 19.2 Å². The summed E-state index contributed by atoms with van der Waals surface area (Å²) in [7, 11) is 1.50. The van der Waals surface area contributed by atoms with Crippen LogP contribution in [-0.4, -0.2) is 35.2 Å². The standard InChI is InChI=1S/C4H7NO2.C3H4O4.H3N/c1-3-4(6)7-5-2;4-2(5)1-3(6)7;/h3,5H,1H2,2H3;1H2,(H,4,5)(H,6,7);1H3. The van der Waals surface area contributed by atoms with E-state index in [0.717, 1.165) is 6.08 Å². The summed E-state index contributed by atoms with van der Waals surface area (Å²) in [6, 6.07) is 0. The Morgan fingerprint density at radius 1 is 1.33 bits per heavy atom. The quantitative estimate of drug-likeness (QED) is 0.284. The number of carboxylic acid groups (broad SMARTS) is 2. The summed E-state index contributed by atoms with van der Waals surface area (Å²) in [5.41, 5.74) is 2.20. The number of carbonyl (C=O) groups excluding carboxylic acids is 1. The second kappa shape index (κ2) is 12.1. The summed E-state index contributed by atoms with van der Waals surface area (Å²) >= 11 is 0. The van der Waals surface area contributed by atoms with Crippen LogP contribution in [0, 0.1) is 0 Å². The molecule has 0 heterocycles. The first-order valence-corrected chi connectivity index (χ1v) is 3.37. The summed E-state index contributed by atoms with van der Waals surface area (Å²) in [6.07, 6.45) is 0.274. The van der Waals surface area contributed by atoms with Gasteiger partial charge in [-0.3, -0.25) is 9.59 Å². The maximum absolute atomic E-state index is 10.0. The van der Waals surface area contributed by atoms with Crippen LogP contribution in [0.25, 0.3) is 0 Å². The molecule has 0 radical (unpaired) electrons. The van der Waals surface area contributed by atoms with E-state index in [0.29, 0.717) is 0 Å². The van der Waals surface area contributed by atoms with Crippen LogP contribution in [0.5, 0.6) is 0 Å². The fourth-order valence-corrected chi connectivity index (χ4v) is 0.272. The monoisotopic (exact) mass is 222 g/mol. The molecule has 0 saturated heterocycles. The number of rotatable bonds is 4. The van der Waals surface area contributed by atoms with Gasteiger partial charge < -0.3 is 21.2 Å². The first-order chi connectivity index (χ1) is 6.43. The molecule has 0 rings (SSSR count). The SMILES string of the molecule is C=CC(=O)ONC.N.O=C(O)CC(=O)O. The van der Waals surface area contributed by atoms with Gasteiger partial charge in [0.1, 0.15) is 6.42 Å². The molecule has 0 aliphatic heterocycles. The highest BCUT2D eigenvalue weighted by Crippen LogP contribution is 1.74. The molecule has 8 nitrogen and oxygen atoms in total. The van der Waals surface area contributed by atoms with Gasteiger partial charge in [0.15, 0.2) is 0 Å². The van der Waals surface area contributed by atoms with Gasteiger partial charge in [-0.15, -0.1) is 0 Å². The smallest absolute Gasteiger partial charge is 0.348 e. The molecule has 0 bridgehead atoms. The van der Waals surface area contributed by atoms with Crippen molar-refractivity contribution in [2.75, 3.05) is 7.05 Å². The molecule has 0 aliphatic carbocycles. The van der Waals surface area contributed by atoms with Crippen molar-refractivity contribution in [3.63, 3.8) is 0 Å². The first-order valence-electron chi connectivity index (χ1n) is 3.37. The van der Waals surface area contributed by atoms with Gasteiger partial charge in [0, 0.05) is 13.1 Å². The summed E-state index contributed by atoms with van der Waals surface area (Å²) in [5, 5.41) is 15.4. The van der Waals surface area contributed by atoms with E-state index in [9.17, 15) is 14.4 Å². The van der Waals surface area contributed by atoms with Gasteiger partial charge in [-0.25, -0.2) is 4.79 Å². The molecule has 8 heteroatoms. The van der Waals surface area contributed by atoms with E-state index in [4.69, 9.17) is 10.2 Å². The third-order valence-electron chi connectivity index (χ3n) is 0.672. The van der Waals surface area contributed by atoms with Gasteiger partial charge in [-0.1, -0.05) is 6.58 Å². The Bertz CT molecular complexity index is 216. The Morgan fingerprint density at radius 2 is 1.73 bits per heavy atom. The van der Waals surface area contributed by atoms with E-state index in [2.05, 4.69) is 16.9 Å². The van der Waals surface area contributed by atoms with Gasteiger partial charge in [-0.05, 0) is 0 Å². The van der Waals surface area contributed by atoms with E-state index in [-0.39, 0.29) is 6.15 Å². The lowest BCUT2D eigenvalue weighted by Crippen LogP contribution is -2.11. The van der Waals surface area contributed by atoms with Crippen LogP contribution >= 0.6 is 0 Å².